The Morgan fingerprint density at radius 3 is 3.15 bits per heavy atom. The van der Waals surface area contributed by atoms with Crippen LogP contribution in [0.2, 0.25) is 0 Å². The molecule has 1 atom stereocenters. The third-order valence-corrected chi connectivity index (χ3v) is 3.22. The van der Waals surface area contributed by atoms with E-state index >= 15 is 0 Å². The first-order valence-corrected chi connectivity index (χ1v) is 5.56. The van der Waals surface area contributed by atoms with Crippen LogP contribution in [-0.4, -0.2) is 16.6 Å². The highest BCUT2D eigenvalue weighted by Crippen LogP contribution is 2.24. The molecule has 0 spiro atoms. The number of aromatic nitrogens is 1. The molecule has 13 heavy (non-hydrogen) atoms. The Hall–Kier alpha value is -0.450. The van der Waals surface area contributed by atoms with Crippen molar-refractivity contribution in [2.75, 3.05) is 6.54 Å². The summed E-state index contributed by atoms with van der Waals surface area (Å²) in [5, 5.41) is 15.2. The van der Waals surface area contributed by atoms with Gasteiger partial charge in [0.2, 0.25) is 0 Å². The molecular weight excluding hydrogens is 184 g/mol. The van der Waals surface area contributed by atoms with E-state index < -0.39 is 0 Å². The molecular formula is C9H14N2OS. The van der Waals surface area contributed by atoms with E-state index in [1.54, 1.807) is 11.3 Å². The van der Waals surface area contributed by atoms with Crippen LogP contribution in [0.5, 0.6) is 0 Å². The SMILES string of the molecule is OCc1nc(C2CCCCN2)cs1. The van der Waals surface area contributed by atoms with Gasteiger partial charge < -0.3 is 10.4 Å². The van der Waals surface area contributed by atoms with Crippen LogP contribution in [0.15, 0.2) is 5.38 Å². The van der Waals surface area contributed by atoms with E-state index in [9.17, 15) is 0 Å². The fourth-order valence-corrected chi connectivity index (χ4v) is 2.37. The highest BCUT2D eigenvalue weighted by atomic mass is 32.1. The van der Waals surface area contributed by atoms with Gasteiger partial charge in [0, 0.05) is 5.38 Å². The van der Waals surface area contributed by atoms with Crippen LogP contribution in [0.4, 0.5) is 0 Å². The molecule has 2 rings (SSSR count). The second-order valence-electron chi connectivity index (χ2n) is 3.33. The van der Waals surface area contributed by atoms with Gasteiger partial charge in [0.1, 0.15) is 5.01 Å². The number of hydrogen-bond acceptors (Lipinski definition) is 4. The molecule has 4 heteroatoms. The van der Waals surface area contributed by atoms with E-state index in [1.165, 1.54) is 19.3 Å². The van der Waals surface area contributed by atoms with E-state index in [4.69, 9.17) is 5.11 Å². The van der Waals surface area contributed by atoms with Gasteiger partial charge in [0.25, 0.3) is 0 Å². The highest BCUT2D eigenvalue weighted by molar-refractivity contribution is 7.09. The highest BCUT2D eigenvalue weighted by Gasteiger charge is 2.16. The van der Waals surface area contributed by atoms with Crippen molar-refractivity contribution >= 4 is 11.3 Å². The zero-order valence-electron chi connectivity index (χ0n) is 7.49. The summed E-state index contributed by atoms with van der Waals surface area (Å²) in [5.74, 6) is 0. The summed E-state index contributed by atoms with van der Waals surface area (Å²) in [6.07, 6.45) is 3.73. The molecule has 1 aromatic heterocycles. The molecule has 0 aromatic carbocycles. The lowest BCUT2D eigenvalue weighted by atomic mass is 10.0. The van der Waals surface area contributed by atoms with Gasteiger partial charge in [-0.2, -0.15) is 0 Å². The number of nitrogens with zero attached hydrogens (tertiary/aromatic N) is 1. The second-order valence-corrected chi connectivity index (χ2v) is 4.27. The standard InChI is InChI=1S/C9H14N2OS/c12-5-9-11-8(6-13-9)7-3-1-2-4-10-7/h6-7,10,12H,1-5H2. The van der Waals surface area contributed by atoms with Crippen molar-refractivity contribution in [3.63, 3.8) is 0 Å². The van der Waals surface area contributed by atoms with Crippen molar-refractivity contribution in [3.8, 4) is 0 Å². The van der Waals surface area contributed by atoms with Crippen LogP contribution >= 0.6 is 11.3 Å². The fraction of sp³-hybridized carbons (Fsp3) is 0.667. The number of piperidine rings is 1. The zero-order chi connectivity index (χ0) is 9.10. The van der Waals surface area contributed by atoms with Gasteiger partial charge >= 0.3 is 0 Å². The van der Waals surface area contributed by atoms with Crippen LogP contribution in [0.3, 0.4) is 0 Å². The molecule has 72 valence electrons. The smallest absolute Gasteiger partial charge is 0.118 e. The molecule has 0 aliphatic carbocycles. The molecule has 1 aliphatic heterocycles. The molecule has 1 unspecified atom stereocenters. The lowest BCUT2D eigenvalue weighted by Crippen LogP contribution is -2.26. The molecule has 0 bridgehead atoms. The Labute approximate surface area is 81.8 Å². The lowest BCUT2D eigenvalue weighted by molar-refractivity contribution is 0.280. The number of thiazole rings is 1. The largest absolute Gasteiger partial charge is 0.389 e. The van der Waals surface area contributed by atoms with Crippen molar-refractivity contribution < 1.29 is 5.11 Å². The Kier molecular flexibility index (Phi) is 2.93. The van der Waals surface area contributed by atoms with Gasteiger partial charge in [0.05, 0.1) is 18.3 Å². The van der Waals surface area contributed by atoms with E-state index in [-0.39, 0.29) is 6.61 Å². The van der Waals surface area contributed by atoms with Crippen LogP contribution in [0.1, 0.15) is 36.0 Å². The summed E-state index contributed by atoms with van der Waals surface area (Å²) in [5.41, 5.74) is 1.11. The summed E-state index contributed by atoms with van der Waals surface area (Å²) in [6.45, 7) is 1.16. The first kappa shape index (κ1) is 9.12. The summed E-state index contributed by atoms with van der Waals surface area (Å²) < 4.78 is 0. The van der Waals surface area contributed by atoms with Crippen molar-refractivity contribution in [2.45, 2.75) is 31.9 Å². The number of aliphatic hydroxyl groups is 1. The molecule has 1 aromatic rings. The lowest BCUT2D eigenvalue weighted by Gasteiger charge is -2.21. The molecule has 1 fully saturated rings. The number of rotatable bonds is 2. The van der Waals surface area contributed by atoms with Gasteiger partial charge in [-0.15, -0.1) is 11.3 Å². The van der Waals surface area contributed by atoms with E-state index in [0.29, 0.717) is 6.04 Å². The Morgan fingerprint density at radius 1 is 1.62 bits per heavy atom. The fourth-order valence-electron chi connectivity index (χ4n) is 1.66. The quantitative estimate of drug-likeness (QED) is 0.756. The molecule has 0 radical (unpaired) electrons. The predicted octanol–water partition coefficient (Wildman–Crippen LogP) is 1.45. The van der Waals surface area contributed by atoms with Crippen LogP contribution in [0, 0.1) is 0 Å². The molecule has 1 aliphatic rings. The average molecular weight is 198 g/mol. The monoisotopic (exact) mass is 198 g/mol. The maximum absolute atomic E-state index is 8.88. The number of nitrogens with one attached hydrogen (secondary N) is 1. The molecule has 0 amide bonds. The van der Waals surface area contributed by atoms with Crippen molar-refractivity contribution in [2.24, 2.45) is 0 Å². The maximum Gasteiger partial charge on any atom is 0.118 e. The van der Waals surface area contributed by atoms with E-state index in [2.05, 4.69) is 15.7 Å². The number of hydrogen-bond donors (Lipinski definition) is 2. The van der Waals surface area contributed by atoms with E-state index in [1.807, 2.05) is 0 Å². The van der Waals surface area contributed by atoms with E-state index in [0.717, 1.165) is 17.2 Å². The Bertz CT molecular complexity index is 268. The van der Waals surface area contributed by atoms with Crippen LogP contribution in [-0.2, 0) is 6.61 Å². The first-order chi connectivity index (χ1) is 6.40. The summed E-state index contributed by atoms with van der Waals surface area (Å²) in [6, 6.07) is 0.422. The summed E-state index contributed by atoms with van der Waals surface area (Å²) in [7, 11) is 0. The van der Waals surface area contributed by atoms with Gasteiger partial charge in [0.15, 0.2) is 0 Å². The second kappa shape index (κ2) is 4.17. The van der Waals surface area contributed by atoms with Gasteiger partial charge in [-0.05, 0) is 19.4 Å². The minimum Gasteiger partial charge on any atom is -0.389 e. The van der Waals surface area contributed by atoms with Gasteiger partial charge in [-0.3, -0.25) is 0 Å². The van der Waals surface area contributed by atoms with Crippen molar-refractivity contribution in [3.05, 3.63) is 16.1 Å². The number of aliphatic hydroxyl groups excluding tert-OH is 1. The van der Waals surface area contributed by atoms with Crippen molar-refractivity contribution in [1.82, 2.24) is 10.3 Å². The molecule has 2 N–H and O–H groups in total. The molecule has 2 heterocycles. The third kappa shape index (κ3) is 2.07. The van der Waals surface area contributed by atoms with Crippen LogP contribution in [0.25, 0.3) is 0 Å². The molecule has 0 saturated carbocycles. The van der Waals surface area contributed by atoms with Gasteiger partial charge in [-0.1, -0.05) is 6.42 Å². The molecule has 1 saturated heterocycles. The predicted molar refractivity (Wildman–Crippen MR) is 52.6 cm³/mol. The normalized spacial score (nSPS) is 23.3. The van der Waals surface area contributed by atoms with Crippen LogP contribution < -0.4 is 5.32 Å². The Balaban J connectivity index is 2.05. The third-order valence-electron chi connectivity index (χ3n) is 2.37. The molecule has 3 nitrogen and oxygen atoms in total. The maximum atomic E-state index is 8.88. The summed E-state index contributed by atoms with van der Waals surface area (Å²) in [4.78, 5) is 4.36. The average Bonchev–Trinajstić information content (AvgIpc) is 2.67. The summed E-state index contributed by atoms with van der Waals surface area (Å²) >= 11 is 1.54. The van der Waals surface area contributed by atoms with Gasteiger partial charge in [-0.25, -0.2) is 4.98 Å². The first-order valence-electron chi connectivity index (χ1n) is 4.68. The van der Waals surface area contributed by atoms with Crippen molar-refractivity contribution in [1.29, 1.82) is 0 Å². The zero-order valence-corrected chi connectivity index (χ0v) is 8.31. The minimum absolute atomic E-state index is 0.0669. The topological polar surface area (TPSA) is 45.2 Å². The minimum atomic E-state index is 0.0669. The Morgan fingerprint density at radius 2 is 2.54 bits per heavy atom.